The predicted molar refractivity (Wildman–Crippen MR) is 47.8 cm³/mol. The van der Waals surface area contributed by atoms with Crippen molar-refractivity contribution in [3.8, 4) is 18.1 Å². The largest absolute Gasteiger partial charge is 0.511 e. The van der Waals surface area contributed by atoms with E-state index in [1.165, 1.54) is 0 Å². The van der Waals surface area contributed by atoms with Gasteiger partial charge >= 0.3 is 6.16 Å². The van der Waals surface area contributed by atoms with Crippen LogP contribution < -0.4 is 4.74 Å². The van der Waals surface area contributed by atoms with E-state index in [4.69, 9.17) is 11.5 Å². The van der Waals surface area contributed by atoms with Gasteiger partial charge in [-0.05, 0) is 24.6 Å². The maximum atomic E-state index is 10.2. The molecule has 3 nitrogen and oxygen atoms in total. The van der Waals surface area contributed by atoms with Gasteiger partial charge in [0.05, 0.1) is 5.56 Å². The molecule has 3 heteroatoms. The smallest absolute Gasteiger partial charge is 0.449 e. The van der Waals surface area contributed by atoms with Gasteiger partial charge in [-0.3, -0.25) is 0 Å². The van der Waals surface area contributed by atoms with Crippen LogP contribution in [0.2, 0.25) is 0 Å². The molecule has 0 aliphatic carbocycles. The lowest BCUT2D eigenvalue weighted by Gasteiger charge is -2.03. The van der Waals surface area contributed by atoms with Crippen LogP contribution in [0.25, 0.3) is 0 Å². The summed E-state index contributed by atoms with van der Waals surface area (Å²) in [4.78, 5) is 10.2. The van der Waals surface area contributed by atoms with Crippen LogP contribution >= 0.6 is 0 Å². The van der Waals surface area contributed by atoms with Crippen LogP contribution in [-0.4, -0.2) is 11.3 Å². The van der Waals surface area contributed by atoms with Crippen LogP contribution in [0.15, 0.2) is 18.2 Å². The highest BCUT2D eigenvalue weighted by Gasteiger charge is 2.05. The van der Waals surface area contributed by atoms with E-state index in [1.807, 2.05) is 6.92 Å². The van der Waals surface area contributed by atoms with Gasteiger partial charge in [-0.1, -0.05) is 12.0 Å². The van der Waals surface area contributed by atoms with E-state index in [2.05, 4.69) is 10.7 Å². The lowest BCUT2D eigenvalue weighted by molar-refractivity contribution is 0.144. The lowest BCUT2D eigenvalue weighted by atomic mass is 10.1. The van der Waals surface area contributed by atoms with Crippen LogP contribution in [0.5, 0.6) is 5.75 Å². The molecule has 13 heavy (non-hydrogen) atoms. The number of benzene rings is 1. The topological polar surface area (TPSA) is 46.5 Å². The fraction of sp³-hybridized carbons (Fsp3) is 0.100. The summed E-state index contributed by atoms with van der Waals surface area (Å²) in [6, 6.07) is 4.97. The Bertz CT molecular complexity index is 374. The van der Waals surface area contributed by atoms with Crippen LogP contribution in [0.3, 0.4) is 0 Å². The molecule has 0 radical (unpaired) electrons. The molecule has 0 unspecified atom stereocenters. The molecule has 0 spiro atoms. The fourth-order valence-electron chi connectivity index (χ4n) is 0.940. The summed E-state index contributed by atoms with van der Waals surface area (Å²) >= 11 is 0. The fourth-order valence-corrected chi connectivity index (χ4v) is 0.940. The van der Waals surface area contributed by atoms with Gasteiger partial charge in [0.1, 0.15) is 5.75 Å². The van der Waals surface area contributed by atoms with Crippen molar-refractivity contribution in [2.75, 3.05) is 0 Å². The highest BCUT2D eigenvalue weighted by molar-refractivity contribution is 5.63. The summed E-state index contributed by atoms with van der Waals surface area (Å²) in [7, 11) is 0. The first kappa shape index (κ1) is 9.14. The van der Waals surface area contributed by atoms with E-state index >= 15 is 0 Å². The van der Waals surface area contributed by atoms with E-state index in [-0.39, 0.29) is 5.75 Å². The molecule has 1 rings (SSSR count). The summed E-state index contributed by atoms with van der Waals surface area (Å²) in [6.07, 6.45) is 3.81. The maximum Gasteiger partial charge on any atom is 0.511 e. The average Bonchev–Trinajstić information content (AvgIpc) is 2.07. The minimum atomic E-state index is -1.36. The number of hydrogen-bond acceptors (Lipinski definition) is 2. The summed E-state index contributed by atoms with van der Waals surface area (Å²) in [5.74, 6) is 2.55. The molecule has 0 aliphatic heterocycles. The molecule has 0 atom stereocenters. The molecular weight excluding hydrogens is 168 g/mol. The summed E-state index contributed by atoms with van der Waals surface area (Å²) in [6.45, 7) is 1.87. The van der Waals surface area contributed by atoms with Gasteiger partial charge in [0, 0.05) is 0 Å². The predicted octanol–water partition coefficient (Wildman–Crippen LogP) is 2.03. The summed E-state index contributed by atoms with van der Waals surface area (Å²) < 4.78 is 4.47. The molecule has 0 saturated carbocycles. The monoisotopic (exact) mass is 176 g/mol. The van der Waals surface area contributed by atoms with Crippen LogP contribution in [0, 0.1) is 19.3 Å². The third-order valence-corrected chi connectivity index (χ3v) is 1.49. The zero-order valence-corrected chi connectivity index (χ0v) is 7.07. The SMILES string of the molecule is C#Cc1cc(C)ccc1OC(=O)O. The first-order valence-electron chi connectivity index (χ1n) is 3.61. The Kier molecular flexibility index (Phi) is 2.56. The van der Waals surface area contributed by atoms with E-state index in [0.717, 1.165) is 5.56 Å². The number of hydrogen-bond donors (Lipinski definition) is 1. The Morgan fingerprint density at radius 2 is 2.31 bits per heavy atom. The molecule has 0 saturated heterocycles. The van der Waals surface area contributed by atoms with E-state index in [0.29, 0.717) is 5.56 Å². The molecule has 66 valence electrons. The van der Waals surface area contributed by atoms with Crippen molar-refractivity contribution >= 4 is 6.16 Å². The molecule has 0 aliphatic rings. The maximum absolute atomic E-state index is 10.2. The zero-order valence-electron chi connectivity index (χ0n) is 7.07. The van der Waals surface area contributed by atoms with Crippen molar-refractivity contribution in [1.29, 1.82) is 0 Å². The molecule has 0 amide bonds. The molecule has 1 aromatic rings. The number of rotatable bonds is 1. The molecular formula is C10H8O3. The van der Waals surface area contributed by atoms with Gasteiger partial charge < -0.3 is 9.84 Å². The molecule has 0 aromatic heterocycles. The van der Waals surface area contributed by atoms with Crippen LogP contribution in [0.4, 0.5) is 4.79 Å². The van der Waals surface area contributed by atoms with Gasteiger partial charge in [-0.2, -0.15) is 0 Å². The first-order valence-corrected chi connectivity index (χ1v) is 3.61. The third kappa shape index (κ3) is 2.24. The van der Waals surface area contributed by atoms with Crippen molar-refractivity contribution in [3.05, 3.63) is 29.3 Å². The highest BCUT2D eigenvalue weighted by atomic mass is 16.7. The average molecular weight is 176 g/mol. The van der Waals surface area contributed by atoms with E-state index in [1.54, 1.807) is 18.2 Å². The standard InChI is InChI=1S/C10H8O3/c1-3-8-6-7(2)4-5-9(8)13-10(11)12/h1,4-6H,2H3,(H,11,12). The van der Waals surface area contributed by atoms with Crippen molar-refractivity contribution < 1.29 is 14.6 Å². The molecule has 0 fully saturated rings. The Morgan fingerprint density at radius 3 is 2.85 bits per heavy atom. The van der Waals surface area contributed by atoms with Crippen molar-refractivity contribution in [2.24, 2.45) is 0 Å². The van der Waals surface area contributed by atoms with Crippen molar-refractivity contribution in [2.45, 2.75) is 6.92 Å². The second-order valence-corrected chi connectivity index (χ2v) is 2.51. The minimum absolute atomic E-state index is 0.195. The van der Waals surface area contributed by atoms with Crippen LogP contribution in [-0.2, 0) is 0 Å². The number of ether oxygens (including phenoxy) is 1. The number of carboxylic acid groups (broad SMARTS) is 1. The van der Waals surface area contributed by atoms with E-state index < -0.39 is 6.16 Å². The second kappa shape index (κ2) is 3.63. The van der Waals surface area contributed by atoms with Crippen molar-refractivity contribution in [1.82, 2.24) is 0 Å². The first-order chi connectivity index (χ1) is 6.13. The Balaban J connectivity index is 3.08. The Morgan fingerprint density at radius 1 is 1.62 bits per heavy atom. The Hall–Kier alpha value is -1.95. The third-order valence-electron chi connectivity index (χ3n) is 1.49. The van der Waals surface area contributed by atoms with Gasteiger partial charge in [0.2, 0.25) is 0 Å². The highest BCUT2D eigenvalue weighted by Crippen LogP contribution is 2.18. The molecule has 0 heterocycles. The van der Waals surface area contributed by atoms with Gasteiger partial charge in [-0.15, -0.1) is 6.42 Å². The normalized spacial score (nSPS) is 8.92. The van der Waals surface area contributed by atoms with Gasteiger partial charge in [0.15, 0.2) is 0 Å². The quantitative estimate of drug-likeness (QED) is 0.404. The molecule has 1 N–H and O–H groups in total. The molecule has 1 aromatic carbocycles. The van der Waals surface area contributed by atoms with Crippen LogP contribution in [0.1, 0.15) is 11.1 Å². The van der Waals surface area contributed by atoms with E-state index in [9.17, 15) is 4.79 Å². The minimum Gasteiger partial charge on any atom is -0.449 e. The van der Waals surface area contributed by atoms with Gasteiger partial charge in [0.25, 0.3) is 0 Å². The van der Waals surface area contributed by atoms with Gasteiger partial charge in [-0.25, -0.2) is 4.79 Å². The number of aryl methyl sites for hydroxylation is 1. The van der Waals surface area contributed by atoms with Crippen molar-refractivity contribution in [3.63, 3.8) is 0 Å². The Labute approximate surface area is 76.0 Å². The summed E-state index contributed by atoms with van der Waals surface area (Å²) in [5.41, 5.74) is 1.41. The number of carbonyl (C=O) groups is 1. The number of terminal acetylenes is 1. The zero-order chi connectivity index (χ0) is 9.84. The second-order valence-electron chi connectivity index (χ2n) is 2.51. The molecule has 0 bridgehead atoms. The lowest BCUT2D eigenvalue weighted by Crippen LogP contribution is -2.04. The summed E-state index contributed by atoms with van der Waals surface area (Å²) in [5, 5.41) is 8.37.